The van der Waals surface area contributed by atoms with E-state index in [1.165, 1.54) is 23.9 Å². The minimum Gasteiger partial charge on any atom is -0.464 e. The third-order valence-corrected chi connectivity index (χ3v) is 2.19. The maximum Gasteiger partial charge on any atom is 0.359 e. The molecule has 15 heavy (non-hydrogen) atoms. The van der Waals surface area contributed by atoms with Gasteiger partial charge < -0.3 is 4.74 Å². The Labute approximate surface area is 85.3 Å². The smallest absolute Gasteiger partial charge is 0.359 e. The number of hydrogen-bond donors (Lipinski definition) is 0. The summed E-state index contributed by atoms with van der Waals surface area (Å²) in [4.78, 5) is 11.3. The van der Waals surface area contributed by atoms with Gasteiger partial charge in [0.2, 0.25) is 0 Å². The Hall–Kier alpha value is -1.91. The molecule has 0 spiro atoms. The first-order valence-corrected chi connectivity index (χ1v) is 4.34. The first kappa shape index (κ1) is 9.64. The van der Waals surface area contributed by atoms with Crippen LogP contribution in [0.4, 0.5) is 4.39 Å². The van der Waals surface area contributed by atoms with Crippen molar-refractivity contribution in [1.82, 2.24) is 9.78 Å². The summed E-state index contributed by atoms with van der Waals surface area (Å²) in [5.74, 6) is -0.966. The van der Waals surface area contributed by atoms with Gasteiger partial charge in [-0.3, -0.25) is 4.68 Å². The molecule has 5 heteroatoms. The Morgan fingerprint density at radius 1 is 1.53 bits per heavy atom. The van der Waals surface area contributed by atoms with Gasteiger partial charge in [0.15, 0.2) is 5.69 Å². The molecule has 2 rings (SSSR count). The van der Waals surface area contributed by atoms with E-state index in [1.807, 2.05) is 0 Å². The quantitative estimate of drug-likeness (QED) is 0.667. The van der Waals surface area contributed by atoms with Gasteiger partial charge in [-0.25, -0.2) is 9.18 Å². The van der Waals surface area contributed by atoms with Crippen molar-refractivity contribution < 1.29 is 13.9 Å². The minimum atomic E-state index is -0.564. The molecule has 0 saturated carbocycles. The number of hydrogen-bond acceptors (Lipinski definition) is 3. The van der Waals surface area contributed by atoms with Crippen LogP contribution < -0.4 is 0 Å². The third kappa shape index (κ3) is 1.45. The van der Waals surface area contributed by atoms with Gasteiger partial charge in [0.1, 0.15) is 5.82 Å². The number of benzene rings is 1. The van der Waals surface area contributed by atoms with Crippen molar-refractivity contribution >= 4 is 16.9 Å². The van der Waals surface area contributed by atoms with E-state index in [9.17, 15) is 9.18 Å². The molecule has 0 unspecified atom stereocenters. The SMILES string of the molecule is COC(=O)c1nn(C)c2ccc(F)cc12. The fraction of sp³-hybridized carbons (Fsp3) is 0.200. The zero-order valence-electron chi connectivity index (χ0n) is 8.32. The number of aromatic nitrogens is 2. The summed E-state index contributed by atoms with van der Waals surface area (Å²) in [6.45, 7) is 0. The Bertz CT molecular complexity index is 533. The standard InChI is InChI=1S/C10H9FN2O2/c1-13-8-4-3-6(11)5-7(8)9(12-13)10(14)15-2/h3-5H,1-2H3. The van der Waals surface area contributed by atoms with Gasteiger partial charge in [0.25, 0.3) is 0 Å². The topological polar surface area (TPSA) is 44.1 Å². The van der Waals surface area contributed by atoms with Crippen LogP contribution in [0, 0.1) is 5.82 Å². The number of aryl methyl sites for hydroxylation is 1. The van der Waals surface area contributed by atoms with Gasteiger partial charge in [-0.1, -0.05) is 0 Å². The van der Waals surface area contributed by atoms with Crippen LogP contribution in [0.15, 0.2) is 18.2 Å². The first-order chi connectivity index (χ1) is 7.13. The molecule has 78 valence electrons. The molecule has 0 atom stereocenters. The van der Waals surface area contributed by atoms with Crippen LogP contribution >= 0.6 is 0 Å². The molecule has 0 radical (unpaired) electrons. The summed E-state index contributed by atoms with van der Waals surface area (Å²) in [7, 11) is 2.95. The zero-order valence-corrected chi connectivity index (χ0v) is 8.32. The van der Waals surface area contributed by atoms with E-state index in [1.54, 1.807) is 13.1 Å². The van der Waals surface area contributed by atoms with E-state index < -0.39 is 11.8 Å². The first-order valence-electron chi connectivity index (χ1n) is 4.34. The lowest BCUT2D eigenvalue weighted by atomic mass is 10.2. The predicted octanol–water partition coefficient (Wildman–Crippen LogP) is 1.50. The summed E-state index contributed by atoms with van der Waals surface area (Å²) >= 11 is 0. The Kier molecular flexibility index (Phi) is 2.15. The average Bonchev–Trinajstić information content (AvgIpc) is 2.54. The second kappa shape index (κ2) is 3.34. The van der Waals surface area contributed by atoms with E-state index in [4.69, 9.17) is 0 Å². The second-order valence-electron chi connectivity index (χ2n) is 3.13. The van der Waals surface area contributed by atoms with Crippen molar-refractivity contribution in [2.24, 2.45) is 7.05 Å². The van der Waals surface area contributed by atoms with Gasteiger partial charge >= 0.3 is 5.97 Å². The van der Waals surface area contributed by atoms with Crippen LogP contribution in [0.1, 0.15) is 10.5 Å². The minimum absolute atomic E-state index is 0.134. The lowest BCUT2D eigenvalue weighted by Crippen LogP contribution is -2.03. The molecule has 1 aromatic carbocycles. The van der Waals surface area contributed by atoms with E-state index in [-0.39, 0.29) is 5.69 Å². The van der Waals surface area contributed by atoms with Crippen molar-refractivity contribution in [3.63, 3.8) is 0 Å². The number of rotatable bonds is 1. The molecule has 0 fully saturated rings. The van der Waals surface area contributed by atoms with Crippen molar-refractivity contribution in [2.75, 3.05) is 7.11 Å². The highest BCUT2D eigenvalue weighted by atomic mass is 19.1. The molecule has 0 aliphatic rings. The maximum atomic E-state index is 13.0. The fourth-order valence-electron chi connectivity index (χ4n) is 1.49. The van der Waals surface area contributed by atoms with Gasteiger partial charge in [-0.15, -0.1) is 0 Å². The van der Waals surface area contributed by atoms with Crippen molar-refractivity contribution in [2.45, 2.75) is 0 Å². The molecule has 0 N–H and O–H groups in total. The van der Waals surface area contributed by atoms with Gasteiger partial charge in [-0.05, 0) is 18.2 Å². The zero-order chi connectivity index (χ0) is 11.0. The highest BCUT2D eigenvalue weighted by Gasteiger charge is 2.16. The van der Waals surface area contributed by atoms with Crippen molar-refractivity contribution in [3.05, 3.63) is 29.7 Å². The summed E-state index contributed by atoms with van der Waals surface area (Å²) in [5, 5.41) is 4.44. The number of carbonyl (C=O) groups excluding carboxylic acids is 1. The molecule has 1 heterocycles. The maximum absolute atomic E-state index is 13.0. The summed E-state index contributed by atoms with van der Waals surface area (Å²) < 4.78 is 19.1. The van der Waals surface area contributed by atoms with Crippen LogP contribution in [0.3, 0.4) is 0 Å². The number of carbonyl (C=O) groups is 1. The summed E-state index contributed by atoms with van der Waals surface area (Å²) in [6.07, 6.45) is 0. The monoisotopic (exact) mass is 208 g/mol. The van der Waals surface area contributed by atoms with Gasteiger partial charge in [-0.2, -0.15) is 5.10 Å². The Morgan fingerprint density at radius 2 is 2.27 bits per heavy atom. The fourth-order valence-corrected chi connectivity index (χ4v) is 1.49. The molecular weight excluding hydrogens is 199 g/mol. The van der Waals surface area contributed by atoms with Gasteiger partial charge in [0, 0.05) is 12.4 Å². The van der Waals surface area contributed by atoms with Crippen molar-refractivity contribution in [1.29, 1.82) is 0 Å². The number of nitrogens with zero attached hydrogens (tertiary/aromatic N) is 2. The molecule has 0 aliphatic carbocycles. The molecule has 4 nitrogen and oxygen atoms in total. The van der Waals surface area contributed by atoms with Crippen molar-refractivity contribution in [3.8, 4) is 0 Å². The molecule has 2 aromatic rings. The predicted molar refractivity (Wildman–Crippen MR) is 52.0 cm³/mol. The summed E-state index contributed by atoms with van der Waals surface area (Å²) in [5.41, 5.74) is 0.825. The number of methoxy groups -OCH3 is 1. The van der Waals surface area contributed by atoms with Crippen LogP contribution in [0.5, 0.6) is 0 Å². The Balaban J connectivity index is 2.75. The molecule has 0 amide bonds. The second-order valence-corrected chi connectivity index (χ2v) is 3.13. The number of ether oxygens (including phenoxy) is 1. The Morgan fingerprint density at radius 3 is 2.93 bits per heavy atom. The van der Waals surface area contributed by atoms with E-state index >= 15 is 0 Å². The molecule has 0 bridgehead atoms. The molecule has 0 saturated heterocycles. The van der Waals surface area contributed by atoms with Crippen LogP contribution in [0.2, 0.25) is 0 Å². The highest BCUT2D eigenvalue weighted by molar-refractivity contribution is 6.02. The number of fused-ring (bicyclic) bond motifs is 1. The highest BCUT2D eigenvalue weighted by Crippen LogP contribution is 2.19. The van der Waals surface area contributed by atoms with E-state index in [2.05, 4.69) is 9.84 Å². The normalized spacial score (nSPS) is 10.6. The summed E-state index contributed by atoms with van der Waals surface area (Å²) in [6, 6.07) is 4.17. The molecular formula is C10H9FN2O2. The third-order valence-electron chi connectivity index (χ3n) is 2.19. The molecule has 0 aliphatic heterocycles. The number of halogens is 1. The van der Waals surface area contributed by atoms with E-state index in [0.29, 0.717) is 10.9 Å². The van der Waals surface area contributed by atoms with Crippen LogP contribution in [-0.4, -0.2) is 22.9 Å². The lowest BCUT2D eigenvalue weighted by Gasteiger charge is -1.94. The largest absolute Gasteiger partial charge is 0.464 e. The van der Waals surface area contributed by atoms with Gasteiger partial charge in [0.05, 0.1) is 12.6 Å². The molecule has 1 aromatic heterocycles. The lowest BCUT2D eigenvalue weighted by molar-refractivity contribution is 0.0595. The van der Waals surface area contributed by atoms with E-state index in [0.717, 1.165) is 0 Å². The van der Waals surface area contributed by atoms with Crippen LogP contribution in [0.25, 0.3) is 10.9 Å². The average molecular weight is 208 g/mol. The van der Waals surface area contributed by atoms with Crippen LogP contribution in [-0.2, 0) is 11.8 Å². The number of esters is 1.